The number of H-pyrrole nitrogens is 1. The fraction of sp³-hybridized carbons (Fsp3) is 0.355. The number of halogens is 3. The summed E-state index contributed by atoms with van der Waals surface area (Å²) < 4.78 is 45.0. The lowest BCUT2D eigenvalue weighted by atomic mass is 9.76. The van der Waals surface area contributed by atoms with Crippen molar-refractivity contribution in [3.8, 4) is 17.1 Å². The number of nitrogens with one attached hydrogen (secondary N) is 1. The lowest BCUT2D eigenvalue weighted by molar-refractivity contribution is -0.138. The Morgan fingerprint density at radius 3 is 2.59 bits per heavy atom. The molecular weight excluding hydrogens is 505 g/mol. The van der Waals surface area contributed by atoms with Gasteiger partial charge in [0, 0.05) is 6.42 Å². The quantitative estimate of drug-likeness (QED) is 0.319. The van der Waals surface area contributed by atoms with Crippen LogP contribution in [-0.2, 0) is 11.0 Å². The van der Waals surface area contributed by atoms with Crippen molar-refractivity contribution >= 4 is 22.6 Å². The summed E-state index contributed by atoms with van der Waals surface area (Å²) in [5.41, 5.74) is 4.10. The molecule has 0 spiro atoms. The van der Waals surface area contributed by atoms with E-state index >= 15 is 0 Å². The number of methoxy groups -OCH3 is 1. The van der Waals surface area contributed by atoms with Gasteiger partial charge >= 0.3 is 12.1 Å². The summed E-state index contributed by atoms with van der Waals surface area (Å²) in [4.78, 5) is 18.4. The minimum absolute atomic E-state index is 0.253. The van der Waals surface area contributed by atoms with E-state index in [1.165, 1.54) is 11.6 Å². The van der Waals surface area contributed by atoms with Gasteiger partial charge in [0.2, 0.25) is 0 Å². The molecule has 39 heavy (non-hydrogen) atoms. The highest BCUT2D eigenvalue weighted by Gasteiger charge is 2.31. The molecule has 0 aliphatic heterocycles. The topological polar surface area (TPSA) is 75.2 Å². The molecule has 2 aliphatic rings. The summed E-state index contributed by atoms with van der Waals surface area (Å²) in [6.07, 6.45) is 10.5. The Hall–Kier alpha value is -3.81. The Labute approximate surface area is 225 Å². The van der Waals surface area contributed by atoms with E-state index in [1.807, 2.05) is 18.2 Å². The standard InChI is InChI=1S/C31H31F3N2O3/c1-39-28-17-23(12-14-25(28)30-35-26-15-13-24(31(32,33)34)18-27(26)36-30)21-4-2-3-20(10-11-21)22-8-5-19(6-9-22)7-16-29(37)38/h3-4,10-15,17-19,22H,2,5-9,16H2,1H3,(H,35,36)(H,37,38). The Bertz CT molecular complexity index is 1460. The number of carboxylic acids is 1. The van der Waals surface area contributed by atoms with Crippen LogP contribution in [0, 0.1) is 11.8 Å². The lowest BCUT2D eigenvalue weighted by Gasteiger charge is -2.29. The molecular formula is C31H31F3N2O3. The van der Waals surface area contributed by atoms with Crippen LogP contribution >= 0.6 is 0 Å². The summed E-state index contributed by atoms with van der Waals surface area (Å²) in [7, 11) is 1.57. The first-order valence-electron chi connectivity index (χ1n) is 13.3. The number of rotatable bonds is 7. The third kappa shape index (κ3) is 6.10. The zero-order valence-electron chi connectivity index (χ0n) is 21.7. The number of aromatic amines is 1. The Morgan fingerprint density at radius 1 is 1.08 bits per heavy atom. The number of carboxylic acid groups (broad SMARTS) is 1. The number of aromatic nitrogens is 2. The van der Waals surface area contributed by atoms with Crippen molar-refractivity contribution in [2.75, 3.05) is 7.11 Å². The summed E-state index contributed by atoms with van der Waals surface area (Å²) in [6, 6.07) is 9.25. The number of imidazole rings is 1. The predicted octanol–water partition coefficient (Wildman–Crippen LogP) is 8.20. The SMILES string of the molecule is COc1cc(C2=CCC=C(C3CCC(CCC(=O)O)CC3)C=C2)ccc1-c1nc2ccc(C(F)(F)F)cc2[nH]1. The van der Waals surface area contributed by atoms with E-state index in [1.54, 1.807) is 7.11 Å². The number of alkyl halides is 3. The van der Waals surface area contributed by atoms with Crippen molar-refractivity contribution in [3.05, 3.63) is 77.4 Å². The first-order chi connectivity index (χ1) is 18.7. The zero-order valence-corrected chi connectivity index (χ0v) is 21.7. The molecule has 3 aromatic rings. The smallest absolute Gasteiger partial charge is 0.416 e. The molecule has 2 aliphatic carbocycles. The molecule has 0 unspecified atom stereocenters. The molecule has 2 aromatic carbocycles. The Morgan fingerprint density at radius 2 is 1.87 bits per heavy atom. The van der Waals surface area contributed by atoms with Gasteiger partial charge in [-0.25, -0.2) is 4.98 Å². The van der Waals surface area contributed by atoms with Gasteiger partial charge in [-0.05, 0) is 97.4 Å². The molecule has 1 heterocycles. The van der Waals surface area contributed by atoms with Crippen molar-refractivity contribution < 1.29 is 27.8 Å². The molecule has 0 amide bonds. The second-order valence-electron chi connectivity index (χ2n) is 10.3. The van der Waals surface area contributed by atoms with Gasteiger partial charge in [0.1, 0.15) is 11.6 Å². The van der Waals surface area contributed by atoms with Crippen molar-refractivity contribution in [1.29, 1.82) is 0 Å². The van der Waals surface area contributed by atoms with E-state index in [0.29, 0.717) is 40.0 Å². The molecule has 204 valence electrons. The molecule has 8 heteroatoms. The number of hydrogen-bond donors (Lipinski definition) is 2. The number of fused-ring (bicyclic) bond motifs is 1. The van der Waals surface area contributed by atoms with Crippen LogP contribution < -0.4 is 4.74 Å². The number of allylic oxidation sites excluding steroid dienone is 6. The largest absolute Gasteiger partial charge is 0.496 e. The average molecular weight is 537 g/mol. The van der Waals surface area contributed by atoms with Gasteiger partial charge in [-0.1, -0.05) is 30.4 Å². The molecule has 5 rings (SSSR count). The Balaban J connectivity index is 1.30. The third-order valence-electron chi connectivity index (χ3n) is 7.83. The number of benzene rings is 2. The highest BCUT2D eigenvalue weighted by atomic mass is 19.4. The minimum Gasteiger partial charge on any atom is -0.496 e. The molecule has 0 saturated heterocycles. The first kappa shape index (κ1) is 26.8. The average Bonchev–Trinajstić information content (AvgIpc) is 3.19. The first-order valence-corrected chi connectivity index (χ1v) is 13.3. The van der Waals surface area contributed by atoms with Crippen molar-refractivity contribution in [2.45, 2.75) is 51.1 Å². The van der Waals surface area contributed by atoms with Crippen LogP contribution in [0.15, 0.2) is 66.3 Å². The summed E-state index contributed by atoms with van der Waals surface area (Å²) >= 11 is 0. The molecule has 2 N–H and O–H groups in total. The van der Waals surface area contributed by atoms with E-state index in [9.17, 15) is 18.0 Å². The van der Waals surface area contributed by atoms with E-state index in [4.69, 9.17) is 9.84 Å². The summed E-state index contributed by atoms with van der Waals surface area (Å²) in [6.45, 7) is 0. The zero-order chi connectivity index (χ0) is 27.6. The fourth-order valence-electron chi connectivity index (χ4n) is 5.65. The maximum Gasteiger partial charge on any atom is 0.416 e. The van der Waals surface area contributed by atoms with E-state index < -0.39 is 17.7 Å². The summed E-state index contributed by atoms with van der Waals surface area (Å²) in [5.74, 6) is 1.31. The number of nitrogens with zero attached hydrogens (tertiary/aromatic N) is 1. The second kappa shape index (κ2) is 11.1. The van der Waals surface area contributed by atoms with E-state index in [0.717, 1.165) is 61.8 Å². The van der Waals surface area contributed by atoms with Crippen molar-refractivity contribution in [2.24, 2.45) is 11.8 Å². The fourth-order valence-corrected chi connectivity index (χ4v) is 5.65. The van der Waals surface area contributed by atoms with Crippen LogP contribution in [0.4, 0.5) is 13.2 Å². The highest BCUT2D eigenvalue weighted by molar-refractivity contribution is 5.83. The normalized spacial score (nSPS) is 19.9. The molecule has 1 saturated carbocycles. The van der Waals surface area contributed by atoms with Gasteiger partial charge in [0.25, 0.3) is 0 Å². The molecule has 0 bridgehead atoms. The number of ether oxygens (including phenoxy) is 1. The summed E-state index contributed by atoms with van der Waals surface area (Å²) in [5, 5.41) is 8.95. The van der Waals surface area contributed by atoms with E-state index in [-0.39, 0.29) is 6.42 Å². The van der Waals surface area contributed by atoms with Gasteiger partial charge in [-0.15, -0.1) is 0 Å². The highest BCUT2D eigenvalue weighted by Crippen LogP contribution is 2.38. The van der Waals surface area contributed by atoms with Gasteiger partial charge in [-0.2, -0.15) is 13.2 Å². The monoisotopic (exact) mass is 536 g/mol. The number of carbonyl (C=O) groups is 1. The van der Waals surface area contributed by atoms with Crippen LogP contribution in [-0.4, -0.2) is 28.2 Å². The van der Waals surface area contributed by atoms with Gasteiger partial charge in [0.05, 0.1) is 29.3 Å². The maximum absolute atomic E-state index is 13.1. The molecule has 0 radical (unpaired) electrons. The van der Waals surface area contributed by atoms with Gasteiger partial charge < -0.3 is 14.8 Å². The van der Waals surface area contributed by atoms with Crippen LogP contribution in [0.3, 0.4) is 0 Å². The van der Waals surface area contributed by atoms with Crippen molar-refractivity contribution in [3.63, 3.8) is 0 Å². The molecule has 5 nitrogen and oxygen atoms in total. The van der Waals surface area contributed by atoms with Crippen LogP contribution in [0.25, 0.3) is 28.0 Å². The molecule has 1 fully saturated rings. The number of hydrogen-bond acceptors (Lipinski definition) is 3. The maximum atomic E-state index is 13.1. The van der Waals surface area contributed by atoms with Crippen LogP contribution in [0.5, 0.6) is 5.75 Å². The predicted molar refractivity (Wildman–Crippen MR) is 145 cm³/mol. The van der Waals surface area contributed by atoms with Crippen molar-refractivity contribution in [1.82, 2.24) is 9.97 Å². The van der Waals surface area contributed by atoms with Crippen LogP contribution in [0.2, 0.25) is 0 Å². The lowest BCUT2D eigenvalue weighted by Crippen LogP contribution is -2.16. The third-order valence-corrected chi connectivity index (χ3v) is 7.83. The van der Waals surface area contributed by atoms with E-state index in [2.05, 4.69) is 34.3 Å². The Kier molecular flexibility index (Phi) is 7.64. The molecule has 1 aromatic heterocycles. The molecule has 0 atom stereocenters. The number of aliphatic carboxylic acids is 1. The minimum atomic E-state index is -4.42. The van der Waals surface area contributed by atoms with Crippen LogP contribution in [0.1, 0.15) is 56.1 Å². The van der Waals surface area contributed by atoms with Gasteiger partial charge in [0.15, 0.2) is 0 Å². The van der Waals surface area contributed by atoms with Gasteiger partial charge in [-0.3, -0.25) is 4.79 Å². The second-order valence-corrected chi connectivity index (χ2v) is 10.3.